The molecule has 1 unspecified atom stereocenters. The van der Waals surface area contributed by atoms with E-state index in [2.05, 4.69) is 37.6 Å². The zero-order chi connectivity index (χ0) is 15.4. The first-order valence-corrected chi connectivity index (χ1v) is 8.79. The molecule has 3 rings (SSSR count). The van der Waals surface area contributed by atoms with E-state index in [0.717, 1.165) is 44.1 Å². The van der Waals surface area contributed by atoms with Crippen LogP contribution in [0.2, 0.25) is 0 Å². The zero-order valence-electron chi connectivity index (χ0n) is 13.2. The van der Waals surface area contributed by atoms with Crippen molar-refractivity contribution in [3.63, 3.8) is 0 Å². The summed E-state index contributed by atoms with van der Waals surface area (Å²) in [6.45, 7) is 7.73. The van der Waals surface area contributed by atoms with Gasteiger partial charge in [0.1, 0.15) is 0 Å². The van der Waals surface area contributed by atoms with Gasteiger partial charge >= 0.3 is 0 Å². The lowest BCUT2D eigenvalue weighted by Crippen LogP contribution is -2.45. The lowest BCUT2D eigenvalue weighted by atomic mass is 10.1. The van der Waals surface area contributed by atoms with Gasteiger partial charge in [-0.05, 0) is 25.8 Å². The van der Waals surface area contributed by atoms with Gasteiger partial charge < -0.3 is 9.84 Å². The molecule has 0 bridgehead atoms. The Balaban J connectivity index is 1.47. The number of hydrogen-bond donors (Lipinski definition) is 1. The van der Waals surface area contributed by atoms with Crippen LogP contribution < -0.4 is 5.32 Å². The summed E-state index contributed by atoms with van der Waals surface area (Å²) in [6.07, 6.45) is 3.43. The fraction of sp³-hybridized carbons (Fsp3) is 0.667. The topological polar surface area (TPSA) is 67.1 Å². The highest BCUT2D eigenvalue weighted by atomic mass is 32.1. The summed E-state index contributed by atoms with van der Waals surface area (Å²) in [6, 6.07) is 0.508. The summed E-state index contributed by atoms with van der Waals surface area (Å²) in [5, 5.41) is 11.0. The molecule has 2 aromatic heterocycles. The van der Waals surface area contributed by atoms with Crippen LogP contribution in [-0.2, 0) is 19.5 Å². The second-order valence-electron chi connectivity index (χ2n) is 5.77. The summed E-state index contributed by atoms with van der Waals surface area (Å²) in [5.41, 5.74) is 1.16. The van der Waals surface area contributed by atoms with Crippen LogP contribution in [0.1, 0.15) is 42.2 Å². The van der Waals surface area contributed by atoms with Crippen molar-refractivity contribution in [2.75, 3.05) is 13.1 Å². The van der Waals surface area contributed by atoms with Crippen molar-refractivity contribution in [1.29, 1.82) is 0 Å². The van der Waals surface area contributed by atoms with Crippen LogP contribution >= 0.6 is 11.3 Å². The number of aryl methyl sites for hydroxylation is 2. The number of likely N-dealkylation sites (tertiary alicyclic amines) is 1. The highest BCUT2D eigenvalue weighted by molar-refractivity contribution is 7.09. The Morgan fingerprint density at radius 2 is 2.36 bits per heavy atom. The Morgan fingerprint density at radius 1 is 1.45 bits per heavy atom. The van der Waals surface area contributed by atoms with E-state index in [1.807, 2.05) is 6.92 Å². The van der Waals surface area contributed by atoms with Crippen LogP contribution in [0.4, 0.5) is 0 Å². The van der Waals surface area contributed by atoms with Crippen LogP contribution in [0.5, 0.6) is 0 Å². The van der Waals surface area contributed by atoms with E-state index in [0.29, 0.717) is 11.9 Å². The summed E-state index contributed by atoms with van der Waals surface area (Å²) in [5.74, 6) is 1.42. The standard InChI is InChI=1S/C15H23N5OS/c1-3-15-18-13(10-22-15)7-16-12-5-4-6-20(8-12)9-14-17-11(2)21-19-14/h10,12,16H,3-9H2,1-2H3. The summed E-state index contributed by atoms with van der Waals surface area (Å²) in [7, 11) is 0. The third kappa shape index (κ3) is 4.12. The first-order chi connectivity index (χ1) is 10.7. The lowest BCUT2D eigenvalue weighted by Gasteiger charge is -2.32. The van der Waals surface area contributed by atoms with Gasteiger partial charge in [0.25, 0.3) is 0 Å². The maximum absolute atomic E-state index is 5.04. The van der Waals surface area contributed by atoms with Crippen molar-refractivity contribution in [2.24, 2.45) is 0 Å². The van der Waals surface area contributed by atoms with E-state index in [9.17, 15) is 0 Å². The highest BCUT2D eigenvalue weighted by Crippen LogP contribution is 2.14. The number of nitrogens with one attached hydrogen (secondary N) is 1. The van der Waals surface area contributed by atoms with E-state index < -0.39 is 0 Å². The van der Waals surface area contributed by atoms with Crippen molar-refractivity contribution < 1.29 is 4.52 Å². The SMILES string of the molecule is CCc1nc(CNC2CCCN(Cc3noc(C)n3)C2)cs1. The maximum Gasteiger partial charge on any atom is 0.223 e. The lowest BCUT2D eigenvalue weighted by molar-refractivity contribution is 0.177. The highest BCUT2D eigenvalue weighted by Gasteiger charge is 2.21. The number of nitrogens with zero attached hydrogens (tertiary/aromatic N) is 4. The Kier molecular flexibility index (Phi) is 5.17. The largest absolute Gasteiger partial charge is 0.340 e. The number of piperidine rings is 1. The average molecular weight is 321 g/mol. The molecule has 1 saturated heterocycles. The van der Waals surface area contributed by atoms with Gasteiger partial charge in [-0.25, -0.2) is 4.98 Å². The van der Waals surface area contributed by atoms with Crippen molar-refractivity contribution in [1.82, 2.24) is 25.3 Å². The smallest absolute Gasteiger partial charge is 0.223 e. The molecule has 6 nitrogen and oxygen atoms in total. The molecular formula is C15H23N5OS. The van der Waals surface area contributed by atoms with Crippen LogP contribution in [0, 0.1) is 6.92 Å². The second-order valence-corrected chi connectivity index (χ2v) is 6.71. The fourth-order valence-electron chi connectivity index (χ4n) is 2.81. The van der Waals surface area contributed by atoms with Gasteiger partial charge in [0.2, 0.25) is 5.89 Å². The molecule has 0 aliphatic carbocycles. The molecule has 22 heavy (non-hydrogen) atoms. The summed E-state index contributed by atoms with van der Waals surface area (Å²) >= 11 is 1.75. The van der Waals surface area contributed by atoms with Crippen molar-refractivity contribution in [3.8, 4) is 0 Å². The van der Waals surface area contributed by atoms with E-state index in [1.54, 1.807) is 11.3 Å². The molecule has 7 heteroatoms. The van der Waals surface area contributed by atoms with E-state index in [1.165, 1.54) is 17.8 Å². The minimum absolute atomic E-state index is 0.508. The van der Waals surface area contributed by atoms with Gasteiger partial charge in [0.05, 0.1) is 17.2 Å². The Bertz CT molecular complexity index is 596. The third-order valence-electron chi connectivity index (χ3n) is 3.91. The van der Waals surface area contributed by atoms with Gasteiger partial charge in [-0.1, -0.05) is 12.1 Å². The van der Waals surface area contributed by atoms with Crippen LogP contribution in [0.15, 0.2) is 9.90 Å². The molecule has 1 N–H and O–H groups in total. The monoisotopic (exact) mass is 321 g/mol. The van der Waals surface area contributed by atoms with E-state index in [-0.39, 0.29) is 0 Å². The van der Waals surface area contributed by atoms with Gasteiger partial charge in [-0.15, -0.1) is 11.3 Å². The molecule has 120 valence electrons. The number of rotatable bonds is 6. The first kappa shape index (κ1) is 15.6. The minimum atomic E-state index is 0.508. The van der Waals surface area contributed by atoms with Gasteiger partial charge in [-0.2, -0.15) is 4.98 Å². The normalized spacial score (nSPS) is 19.6. The number of aromatic nitrogens is 3. The average Bonchev–Trinajstić information content (AvgIpc) is 3.14. The molecule has 0 radical (unpaired) electrons. The van der Waals surface area contributed by atoms with Crippen molar-refractivity contribution in [2.45, 2.75) is 52.2 Å². The molecule has 1 atom stereocenters. The van der Waals surface area contributed by atoms with Crippen LogP contribution in [-0.4, -0.2) is 39.2 Å². The van der Waals surface area contributed by atoms with Gasteiger partial charge in [0.15, 0.2) is 5.82 Å². The van der Waals surface area contributed by atoms with Gasteiger partial charge in [0, 0.05) is 31.4 Å². The summed E-state index contributed by atoms with van der Waals surface area (Å²) in [4.78, 5) is 11.3. The molecular weight excluding hydrogens is 298 g/mol. The molecule has 3 heterocycles. The predicted octanol–water partition coefficient (Wildman–Crippen LogP) is 2.15. The molecule has 0 spiro atoms. The molecule has 0 saturated carbocycles. The van der Waals surface area contributed by atoms with E-state index >= 15 is 0 Å². The Labute approximate surface area is 134 Å². The first-order valence-electron chi connectivity index (χ1n) is 7.91. The fourth-order valence-corrected chi connectivity index (χ4v) is 3.56. The van der Waals surface area contributed by atoms with Crippen LogP contribution in [0.3, 0.4) is 0 Å². The van der Waals surface area contributed by atoms with Crippen molar-refractivity contribution >= 4 is 11.3 Å². The molecule has 1 fully saturated rings. The quantitative estimate of drug-likeness (QED) is 0.879. The van der Waals surface area contributed by atoms with E-state index in [4.69, 9.17) is 4.52 Å². The number of hydrogen-bond acceptors (Lipinski definition) is 7. The molecule has 0 amide bonds. The predicted molar refractivity (Wildman–Crippen MR) is 85.7 cm³/mol. The zero-order valence-corrected chi connectivity index (χ0v) is 14.0. The van der Waals surface area contributed by atoms with Crippen molar-refractivity contribution in [3.05, 3.63) is 27.8 Å². The van der Waals surface area contributed by atoms with Crippen LogP contribution in [0.25, 0.3) is 0 Å². The molecule has 2 aromatic rings. The minimum Gasteiger partial charge on any atom is -0.340 e. The van der Waals surface area contributed by atoms with Gasteiger partial charge in [-0.3, -0.25) is 4.90 Å². The second kappa shape index (κ2) is 7.30. The maximum atomic E-state index is 5.04. The molecule has 0 aromatic carbocycles. The Morgan fingerprint density at radius 3 is 3.09 bits per heavy atom. The summed E-state index contributed by atoms with van der Waals surface area (Å²) < 4.78 is 5.04. The molecule has 1 aliphatic heterocycles. The Hall–Kier alpha value is -1.31. The number of thiazole rings is 1. The third-order valence-corrected chi connectivity index (χ3v) is 4.96. The molecule has 1 aliphatic rings.